The molecule has 2 aromatic heterocycles. The first kappa shape index (κ1) is 13.8. The summed E-state index contributed by atoms with van der Waals surface area (Å²) in [6.07, 6.45) is 6.71. The zero-order chi connectivity index (χ0) is 14.1. The van der Waals surface area contributed by atoms with Crippen molar-refractivity contribution in [2.75, 3.05) is 0 Å². The zero-order valence-electron chi connectivity index (χ0n) is 11.2. The molecule has 2 heterocycles. The number of hydrogen-bond donors (Lipinski definition) is 1. The molecule has 0 unspecified atom stereocenters. The molecule has 1 fully saturated rings. The Morgan fingerprint density at radius 3 is 2.75 bits per heavy atom. The summed E-state index contributed by atoms with van der Waals surface area (Å²) in [5.74, 6) is 2.00. The van der Waals surface area contributed by atoms with E-state index in [9.17, 15) is 0 Å². The highest BCUT2D eigenvalue weighted by Gasteiger charge is 2.22. The van der Waals surface area contributed by atoms with Gasteiger partial charge in [-0.15, -0.1) is 0 Å². The summed E-state index contributed by atoms with van der Waals surface area (Å²) >= 11 is 8.96. The van der Waals surface area contributed by atoms with Gasteiger partial charge in [0.1, 0.15) is 16.2 Å². The van der Waals surface area contributed by atoms with Gasteiger partial charge in [-0.1, -0.05) is 25.1 Å². The van der Waals surface area contributed by atoms with Gasteiger partial charge in [0.2, 0.25) is 0 Å². The van der Waals surface area contributed by atoms with Crippen LogP contribution in [0.2, 0.25) is 0 Å². The van der Waals surface area contributed by atoms with E-state index in [0.29, 0.717) is 10.6 Å². The van der Waals surface area contributed by atoms with E-state index in [-0.39, 0.29) is 0 Å². The van der Waals surface area contributed by atoms with Crippen molar-refractivity contribution in [1.29, 1.82) is 0 Å². The average Bonchev–Trinajstić information content (AvgIpc) is 2.95. The summed E-state index contributed by atoms with van der Waals surface area (Å²) in [6, 6.07) is 1.85. The van der Waals surface area contributed by atoms with Gasteiger partial charge in [-0.2, -0.15) is 0 Å². The molecule has 1 N–H and O–H groups in total. The second kappa shape index (κ2) is 5.69. The number of nitrogens with zero attached hydrogens (tertiary/aromatic N) is 3. The van der Waals surface area contributed by atoms with Gasteiger partial charge >= 0.3 is 0 Å². The van der Waals surface area contributed by atoms with Crippen LogP contribution in [0.5, 0.6) is 0 Å². The number of nitrogens with one attached hydrogen (secondary N) is 1. The maximum absolute atomic E-state index is 5.38. The van der Waals surface area contributed by atoms with Crippen molar-refractivity contribution < 1.29 is 0 Å². The third-order valence-electron chi connectivity index (χ3n) is 3.67. The SMILES string of the molecule is Cc1nccc(-c2nc(=S)c(Br)c(C3CCCC3)[nH]2)n1. The highest BCUT2D eigenvalue weighted by molar-refractivity contribution is 9.10. The van der Waals surface area contributed by atoms with Gasteiger partial charge in [0, 0.05) is 17.8 Å². The van der Waals surface area contributed by atoms with E-state index in [0.717, 1.165) is 27.5 Å². The molecule has 4 nitrogen and oxygen atoms in total. The van der Waals surface area contributed by atoms with Crippen LogP contribution in [0.3, 0.4) is 0 Å². The van der Waals surface area contributed by atoms with E-state index in [1.165, 1.54) is 25.7 Å². The lowest BCUT2D eigenvalue weighted by Crippen LogP contribution is -2.04. The Morgan fingerprint density at radius 2 is 2.05 bits per heavy atom. The largest absolute Gasteiger partial charge is 0.341 e. The lowest BCUT2D eigenvalue weighted by Gasteiger charge is -2.13. The van der Waals surface area contributed by atoms with Gasteiger partial charge in [-0.05, 0) is 41.8 Å². The van der Waals surface area contributed by atoms with Gasteiger partial charge in [0.05, 0.1) is 4.47 Å². The molecule has 1 saturated carbocycles. The quantitative estimate of drug-likeness (QED) is 0.819. The van der Waals surface area contributed by atoms with Gasteiger partial charge in [-0.3, -0.25) is 0 Å². The standard InChI is InChI=1S/C14H15BrN4S/c1-8-16-7-6-10(17-8)13-18-12(9-4-2-3-5-9)11(15)14(20)19-13/h6-7,9H,2-5H2,1H3,(H,18,19,20). The molecule has 20 heavy (non-hydrogen) atoms. The topological polar surface area (TPSA) is 54.5 Å². The first-order chi connectivity index (χ1) is 9.65. The molecule has 6 heteroatoms. The highest BCUT2D eigenvalue weighted by Crippen LogP contribution is 2.37. The first-order valence-electron chi connectivity index (χ1n) is 6.75. The number of halogens is 1. The summed E-state index contributed by atoms with van der Waals surface area (Å²) in [6.45, 7) is 1.87. The van der Waals surface area contributed by atoms with Crippen molar-refractivity contribution in [3.8, 4) is 11.5 Å². The Balaban J connectivity index is 2.11. The second-order valence-corrected chi connectivity index (χ2v) is 6.27. The molecule has 104 valence electrons. The summed E-state index contributed by atoms with van der Waals surface area (Å²) in [5, 5.41) is 0. The number of rotatable bonds is 2. The molecular formula is C14H15BrN4S. The van der Waals surface area contributed by atoms with E-state index in [4.69, 9.17) is 12.2 Å². The van der Waals surface area contributed by atoms with Crippen LogP contribution in [0.4, 0.5) is 0 Å². The molecule has 0 aliphatic heterocycles. The molecule has 0 atom stereocenters. The van der Waals surface area contributed by atoms with Gasteiger partial charge < -0.3 is 4.98 Å². The van der Waals surface area contributed by atoms with E-state index in [1.54, 1.807) is 6.20 Å². The third kappa shape index (κ3) is 2.67. The van der Waals surface area contributed by atoms with Crippen LogP contribution in [0.25, 0.3) is 11.5 Å². The minimum atomic E-state index is 0.538. The monoisotopic (exact) mass is 350 g/mol. The number of H-pyrrole nitrogens is 1. The predicted octanol–water partition coefficient (Wildman–Crippen LogP) is 4.32. The minimum Gasteiger partial charge on any atom is -0.341 e. The summed E-state index contributed by atoms with van der Waals surface area (Å²) < 4.78 is 1.52. The normalized spacial score (nSPS) is 15.7. The minimum absolute atomic E-state index is 0.538. The maximum Gasteiger partial charge on any atom is 0.158 e. The van der Waals surface area contributed by atoms with Gasteiger partial charge in [0.25, 0.3) is 0 Å². The number of hydrogen-bond acceptors (Lipinski definition) is 4. The molecule has 3 rings (SSSR count). The van der Waals surface area contributed by atoms with Crippen LogP contribution in [-0.2, 0) is 0 Å². The Kier molecular flexibility index (Phi) is 3.94. The molecule has 1 aliphatic carbocycles. The van der Waals surface area contributed by atoms with Crippen molar-refractivity contribution in [2.24, 2.45) is 0 Å². The summed E-state index contributed by atoms with van der Waals surface area (Å²) in [4.78, 5) is 16.4. The van der Waals surface area contributed by atoms with Crippen LogP contribution < -0.4 is 0 Å². The van der Waals surface area contributed by atoms with Crippen molar-refractivity contribution in [3.05, 3.63) is 32.9 Å². The molecule has 0 bridgehead atoms. The second-order valence-electron chi connectivity index (χ2n) is 5.09. The van der Waals surface area contributed by atoms with E-state index < -0.39 is 0 Å². The van der Waals surface area contributed by atoms with E-state index >= 15 is 0 Å². The van der Waals surface area contributed by atoms with Gasteiger partial charge in [-0.25, -0.2) is 15.0 Å². The molecule has 0 amide bonds. The van der Waals surface area contributed by atoms with Crippen LogP contribution in [0.15, 0.2) is 16.7 Å². The smallest absolute Gasteiger partial charge is 0.158 e. The van der Waals surface area contributed by atoms with Crippen molar-refractivity contribution in [2.45, 2.75) is 38.5 Å². The predicted molar refractivity (Wildman–Crippen MR) is 84.1 cm³/mol. The first-order valence-corrected chi connectivity index (χ1v) is 7.95. The molecule has 0 spiro atoms. The number of aromatic nitrogens is 4. The van der Waals surface area contributed by atoms with Crippen LogP contribution in [0, 0.1) is 11.6 Å². The Bertz CT molecular complexity index is 692. The number of aryl methyl sites for hydroxylation is 1. The lowest BCUT2D eigenvalue weighted by molar-refractivity contribution is 0.689. The molecule has 0 radical (unpaired) electrons. The third-order valence-corrected chi connectivity index (χ3v) is 5.03. The number of aromatic amines is 1. The molecular weight excluding hydrogens is 336 g/mol. The van der Waals surface area contributed by atoms with Gasteiger partial charge in [0.15, 0.2) is 5.82 Å². The fourth-order valence-corrected chi connectivity index (χ4v) is 3.39. The van der Waals surface area contributed by atoms with Crippen LogP contribution in [-0.4, -0.2) is 19.9 Å². The molecule has 0 aromatic carbocycles. The average molecular weight is 351 g/mol. The fraction of sp³-hybridized carbons (Fsp3) is 0.429. The Morgan fingerprint density at radius 1 is 1.30 bits per heavy atom. The fourth-order valence-electron chi connectivity index (χ4n) is 2.68. The van der Waals surface area contributed by atoms with E-state index in [2.05, 4.69) is 35.9 Å². The Labute approximate surface area is 131 Å². The lowest BCUT2D eigenvalue weighted by atomic mass is 10.0. The Hall–Kier alpha value is -1.14. The summed E-state index contributed by atoms with van der Waals surface area (Å²) in [5.41, 5.74) is 1.95. The van der Waals surface area contributed by atoms with E-state index in [1.807, 2.05) is 13.0 Å². The zero-order valence-corrected chi connectivity index (χ0v) is 13.6. The van der Waals surface area contributed by atoms with Crippen molar-refractivity contribution in [1.82, 2.24) is 19.9 Å². The van der Waals surface area contributed by atoms with Crippen molar-refractivity contribution >= 4 is 28.1 Å². The molecule has 0 saturated heterocycles. The molecule has 2 aromatic rings. The van der Waals surface area contributed by atoms with Crippen molar-refractivity contribution in [3.63, 3.8) is 0 Å². The molecule has 1 aliphatic rings. The van der Waals surface area contributed by atoms with Crippen LogP contribution in [0.1, 0.15) is 43.1 Å². The highest BCUT2D eigenvalue weighted by atomic mass is 79.9. The maximum atomic E-state index is 5.38. The van der Waals surface area contributed by atoms with Crippen LogP contribution >= 0.6 is 28.1 Å². The summed E-state index contributed by atoms with van der Waals surface area (Å²) in [7, 11) is 0.